The van der Waals surface area contributed by atoms with Crippen LogP contribution in [-0.4, -0.2) is 18.6 Å². The van der Waals surface area contributed by atoms with E-state index in [1.165, 1.54) is 30.9 Å². The van der Waals surface area contributed by atoms with Gasteiger partial charge in [-0.15, -0.1) is 0 Å². The van der Waals surface area contributed by atoms with Crippen LogP contribution < -0.4 is 5.32 Å². The Labute approximate surface area is 151 Å². The summed E-state index contributed by atoms with van der Waals surface area (Å²) < 4.78 is 0. The van der Waals surface area contributed by atoms with E-state index in [1.807, 2.05) is 0 Å². The van der Waals surface area contributed by atoms with Crippen molar-refractivity contribution in [2.45, 2.75) is 59.3 Å². The second kappa shape index (κ2) is 6.26. The molecule has 3 heteroatoms. The van der Waals surface area contributed by atoms with E-state index in [4.69, 9.17) is 0 Å². The molecule has 4 atom stereocenters. The summed E-state index contributed by atoms with van der Waals surface area (Å²) in [5.74, 6) is 0.959. The lowest BCUT2D eigenvalue weighted by atomic mass is 9.46. The molecular weight excluding hydrogens is 310 g/mol. The Morgan fingerprint density at radius 1 is 1.24 bits per heavy atom. The third kappa shape index (κ3) is 2.82. The first kappa shape index (κ1) is 18.2. The highest BCUT2D eigenvalue weighted by molar-refractivity contribution is 6.19. The number of carbonyl (C=O) groups excluding carboxylic acids is 2. The minimum absolute atomic E-state index is 0.0163. The summed E-state index contributed by atoms with van der Waals surface area (Å²) in [6, 6.07) is 0. The number of ketones is 2. The molecule has 0 heterocycles. The van der Waals surface area contributed by atoms with Gasteiger partial charge in [0.25, 0.3) is 0 Å². The number of nitrogens with one attached hydrogen (secondary N) is 1. The molecule has 3 rings (SSSR count). The first-order valence-corrected chi connectivity index (χ1v) is 9.59. The molecule has 0 bridgehead atoms. The fourth-order valence-electron chi connectivity index (χ4n) is 5.65. The topological polar surface area (TPSA) is 46.2 Å². The number of fused-ring (bicyclic) bond motifs is 1. The molecule has 25 heavy (non-hydrogen) atoms. The van der Waals surface area contributed by atoms with Crippen LogP contribution in [0.5, 0.6) is 0 Å². The van der Waals surface area contributed by atoms with E-state index in [1.54, 1.807) is 13.1 Å². The van der Waals surface area contributed by atoms with E-state index < -0.39 is 0 Å². The molecule has 0 radical (unpaired) electrons. The van der Waals surface area contributed by atoms with Gasteiger partial charge in [0.1, 0.15) is 0 Å². The van der Waals surface area contributed by atoms with Crippen molar-refractivity contribution in [1.29, 1.82) is 0 Å². The van der Waals surface area contributed by atoms with Crippen LogP contribution in [0.3, 0.4) is 0 Å². The van der Waals surface area contributed by atoms with Gasteiger partial charge in [-0.3, -0.25) is 9.59 Å². The minimum Gasteiger partial charge on any atom is -0.385 e. The van der Waals surface area contributed by atoms with Crippen molar-refractivity contribution < 1.29 is 9.59 Å². The molecule has 136 valence electrons. The molecule has 2 saturated carbocycles. The molecule has 0 amide bonds. The molecule has 0 aromatic carbocycles. The number of Topliss-reactive ketones (excluding diaryl/α,β-unsaturated/α-hetero) is 1. The van der Waals surface area contributed by atoms with Gasteiger partial charge in [-0.25, -0.2) is 0 Å². The predicted octanol–water partition coefficient (Wildman–Crippen LogP) is 4.36. The molecule has 0 spiro atoms. The molecule has 0 aromatic rings. The summed E-state index contributed by atoms with van der Waals surface area (Å²) in [4.78, 5) is 24.8. The molecule has 0 unspecified atom stereocenters. The van der Waals surface area contributed by atoms with Gasteiger partial charge in [0.15, 0.2) is 5.78 Å². The standard InChI is InChI=1S/C22H31NO2/c1-14-7-6-8-19-21(14,3)10-9-15(2)22(19,4)13-16-11-17(24)12-18(23-5)20(16)25/h11-12,15,19,23H,1,6-10,13H2,2-5H3/t15-,19+,21-,22+/m0/s1. The average molecular weight is 341 g/mol. The first-order valence-electron chi connectivity index (χ1n) is 9.59. The zero-order valence-corrected chi connectivity index (χ0v) is 16.1. The Morgan fingerprint density at radius 2 is 1.96 bits per heavy atom. The lowest BCUT2D eigenvalue weighted by molar-refractivity contribution is -0.116. The van der Waals surface area contributed by atoms with Gasteiger partial charge in [0.05, 0.1) is 5.70 Å². The highest BCUT2D eigenvalue weighted by Gasteiger charge is 2.54. The Kier molecular flexibility index (Phi) is 4.55. The summed E-state index contributed by atoms with van der Waals surface area (Å²) in [6.07, 6.45) is 9.52. The molecule has 0 aliphatic heterocycles. The molecule has 0 aromatic heterocycles. The maximum absolute atomic E-state index is 12.8. The average Bonchev–Trinajstić information content (AvgIpc) is 2.57. The lowest BCUT2D eigenvalue weighted by Crippen LogP contribution is -2.50. The van der Waals surface area contributed by atoms with E-state index in [-0.39, 0.29) is 22.4 Å². The monoisotopic (exact) mass is 341 g/mol. The van der Waals surface area contributed by atoms with Crippen molar-refractivity contribution in [3.8, 4) is 0 Å². The van der Waals surface area contributed by atoms with E-state index in [9.17, 15) is 9.59 Å². The number of hydrogen-bond acceptors (Lipinski definition) is 3. The summed E-state index contributed by atoms with van der Waals surface area (Å²) in [6.45, 7) is 11.4. The molecular formula is C22H31NO2. The van der Waals surface area contributed by atoms with Crippen LogP contribution in [-0.2, 0) is 9.59 Å². The predicted molar refractivity (Wildman–Crippen MR) is 101 cm³/mol. The van der Waals surface area contributed by atoms with Gasteiger partial charge < -0.3 is 5.32 Å². The smallest absolute Gasteiger partial charge is 0.205 e. The Bertz CT molecular complexity index is 686. The third-order valence-corrected chi connectivity index (χ3v) is 7.55. The van der Waals surface area contributed by atoms with Gasteiger partial charge in [-0.05, 0) is 67.3 Å². The number of rotatable bonds is 3. The van der Waals surface area contributed by atoms with E-state index >= 15 is 0 Å². The lowest BCUT2D eigenvalue weighted by Gasteiger charge is -2.59. The summed E-state index contributed by atoms with van der Waals surface area (Å²) in [7, 11) is 1.70. The highest BCUT2D eigenvalue weighted by atomic mass is 16.1. The van der Waals surface area contributed by atoms with Crippen molar-refractivity contribution in [3.05, 3.63) is 35.6 Å². The fraction of sp³-hybridized carbons (Fsp3) is 0.636. The van der Waals surface area contributed by atoms with Crippen LogP contribution in [0.4, 0.5) is 0 Å². The van der Waals surface area contributed by atoms with E-state index in [0.29, 0.717) is 29.5 Å². The Hall–Kier alpha value is -1.64. The number of carbonyl (C=O) groups is 2. The third-order valence-electron chi connectivity index (χ3n) is 7.55. The number of hydrogen-bond donors (Lipinski definition) is 1. The largest absolute Gasteiger partial charge is 0.385 e. The normalized spacial score (nSPS) is 38.8. The molecule has 3 aliphatic rings. The van der Waals surface area contributed by atoms with Gasteiger partial charge in [-0.1, -0.05) is 32.9 Å². The molecule has 3 aliphatic carbocycles. The molecule has 0 saturated heterocycles. The van der Waals surface area contributed by atoms with Crippen LogP contribution in [0.1, 0.15) is 59.3 Å². The SMILES string of the molecule is C=C1CCC[C@H]2[C@](C)(CC3=CC(=O)C=C(NC)C3=O)[C@@H](C)CC[C@@]12C. The number of allylic oxidation sites excluding steroid dienone is 4. The van der Waals surface area contributed by atoms with Crippen molar-refractivity contribution in [1.82, 2.24) is 5.32 Å². The van der Waals surface area contributed by atoms with Gasteiger partial charge in [0.2, 0.25) is 5.78 Å². The maximum atomic E-state index is 12.8. The van der Waals surface area contributed by atoms with Gasteiger partial charge in [0, 0.05) is 18.7 Å². The van der Waals surface area contributed by atoms with Crippen LogP contribution in [0.2, 0.25) is 0 Å². The zero-order valence-electron chi connectivity index (χ0n) is 16.1. The van der Waals surface area contributed by atoms with Gasteiger partial charge in [-0.2, -0.15) is 0 Å². The van der Waals surface area contributed by atoms with Crippen molar-refractivity contribution in [2.24, 2.45) is 22.7 Å². The molecule has 1 N–H and O–H groups in total. The summed E-state index contributed by atoms with van der Waals surface area (Å²) in [5, 5.41) is 2.88. The van der Waals surface area contributed by atoms with Crippen molar-refractivity contribution in [2.75, 3.05) is 7.05 Å². The van der Waals surface area contributed by atoms with Crippen LogP contribution in [0.15, 0.2) is 35.6 Å². The molecule has 3 nitrogen and oxygen atoms in total. The van der Waals surface area contributed by atoms with E-state index in [2.05, 4.69) is 32.7 Å². The summed E-state index contributed by atoms with van der Waals surface area (Å²) >= 11 is 0. The zero-order chi connectivity index (χ0) is 18.4. The van der Waals surface area contributed by atoms with E-state index in [0.717, 1.165) is 12.8 Å². The second-order valence-electron chi connectivity index (χ2n) is 8.80. The maximum Gasteiger partial charge on any atom is 0.205 e. The number of likely N-dealkylation sites (N-methyl/N-ethyl adjacent to an activating group) is 1. The van der Waals surface area contributed by atoms with Crippen molar-refractivity contribution in [3.63, 3.8) is 0 Å². The van der Waals surface area contributed by atoms with Gasteiger partial charge >= 0.3 is 0 Å². The highest BCUT2D eigenvalue weighted by Crippen LogP contribution is 2.63. The fourth-order valence-corrected chi connectivity index (χ4v) is 5.65. The Morgan fingerprint density at radius 3 is 2.64 bits per heavy atom. The minimum atomic E-state index is -0.0816. The van der Waals surface area contributed by atoms with Crippen LogP contribution >= 0.6 is 0 Å². The Balaban J connectivity index is 1.95. The van der Waals surface area contributed by atoms with Crippen LogP contribution in [0, 0.1) is 22.7 Å². The first-order chi connectivity index (χ1) is 11.7. The summed E-state index contributed by atoms with van der Waals surface area (Å²) in [5.41, 5.74) is 2.67. The quantitative estimate of drug-likeness (QED) is 0.613. The van der Waals surface area contributed by atoms with Crippen LogP contribution in [0.25, 0.3) is 0 Å². The van der Waals surface area contributed by atoms with Crippen molar-refractivity contribution >= 4 is 11.6 Å². The molecule has 2 fully saturated rings. The second-order valence-corrected chi connectivity index (χ2v) is 8.80.